The Morgan fingerprint density at radius 2 is 1.65 bits per heavy atom. The van der Waals surface area contributed by atoms with Crippen LogP contribution in [0.5, 0.6) is 0 Å². The molecule has 7 heteroatoms. The van der Waals surface area contributed by atoms with Crippen molar-refractivity contribution in [1.29, 1.82) is 0 Å². The van der Waals surface area contributed by atoms with Gasteiger partial charge in [-0.25, -0.2) is 0 Å². The third kappa shape index (κ3) is 4.40. The van der Waals surface area contributed by atoms with Crippen LogP contribution in [0.4, 0.5) is 17.1 Å². The molecular formula is C24H24N4O3. The molecule has 1 aromatic heterocycles. The van der Waals surface area contributed by atoms with Gasteiger partial charge in [-0.1, -0.05) is 37.2 Å². The van der Waals surface area contributed by atoms with E-state index >= 15 is 0 Å². The minimum absolute atomic E-state index is 0.100. The Bertz CT molecular complexity index is 1160. The van der Waals surface area contributed by atoms with E-state index in [9.17, 15) is 10.0 Å². The number of hydrogen-bond acceptors (Lipinski definition) is 6. The van der Waals surface area contributed by atoms with E-state index in [2.05, 4.69) is 34.5 Å². The van der Waals surface area contributed by atoms with Crippen molar-refractivity contribution in [3.05, 3.63) is 77.2 Å². The molecule has 158 valence electrons. The Hall–Kier alpha value is -3.74. The number of carbonyl (C=O) groups excluding carboxylic acids is 1. The molecule has 0 fully saturated rings. The number of amides is 1. The van der Waals surface area contributed by atoms with Crippen LogP contribution in [0.1, 0.15) is 47.7 Å². The van der Waals surface area contributed by atoms with Crippen LogP contribution in [0.3, 0.4) is 0 Å². The molecule has 0 aliphatic heterocycles. The smallest absolute Gasteiger partial charge is 0.291 e. The molecule has 31 heavy (non-hydrogen) atoms. The van der Waals surface area contributed by atoms with Gasteiger partial charge in [0.1, 0.15) is 5.76 Å². The van der Waals surface area contributed by atoms with Gasteiger partial charge < -0.3 is 14.9 Å². The molecule has 0 radical (unpaired) electrons. The second-order valence-corrected chi connectivity index (χ2v) is 8.46. The van der Waals surface area contributed by atoms with E-state index in [0.29, 0.717) is 41.3 Å². The molecule has 3 aromatic rings. The van der Waals surface area contributed by atoms with Crippen LogP contribution < -0.4 is 5.32 Å². The molecule has 0 saturated heterocycles. The lowest BCUT2D eigenvalue weighted by Crippen LogP contribution is -2.27. The number of carbonyl (C=O) groups is 1. The van der Waals surface area contributed by atoms with Crippen molar-refractivity contribution in [2.45, 2.75) is 33.6 Å². The van der Waals surface area contributed by atoms with Gasteiger partial charge in [-0.05, 0) is 55.2 Å². The Kier molecular flexibility index (Phi) is 5.42. The van der Waals surface area contributed by atoms with Crippen molar-refractivity contribution >= 4 is 28.7 Å². The SMILES string of the molecule is Cc1c(C(=O)Nc2ccc(N=Nc3ccccc3)cc2)oc2c1/C(=N\O)CC(C)(C)C2. The van der Waals surface area contributed by atoms with E-state index in [4.69, 9.17) is 4.42 Å². The van der Waals surface area contributed by atoms with E-state index in [1.165, 1.54) is 0 Å². The monoisotopic (exact) mass is 416 g/mol. The summed E-state index contributed by atoms with van der Waals surface area (Å²) in [5, 5.41) is 24.1. The summed E-state index contributed by atoms with van der Waals surface area (Å²) in [6, 6.07) is 16.6. The molecule has 2 N–H and O–H groups in total. The summed E-state index contributed by atoms with van der Waals surface area (Å²) in [6.07, 6.45) is 1.30. The molecule has 0 spiro atoms. The summed E-state index contributed by atoms with van der Waals surface area (Å²) in [5.74, 6) is 0.570. The van der Waals surface area contributed by atoms with Crippen molar-refractivity contribution in [3.8, 4) is 0 Å². The molecule has 1 aliphatic rings. The molecule has 4 rings (SSSR count). The van der Waals surface area contributed by atoms with Crippen LogP contribution in [-0.4, -0.2) is 16.8 Å². The standard InChI is InChI=1S/C24H24N4O3/c1-15-21-19(28-30)13-24(2,3)14-20(21)31-22(15)23(29)25-16-9-11-18(12-10-16)27-26-17-7-5-4-6-8-17/h4-12,30H,13-14H2,1-3H3,(H,25,29)/b27-26?,28-19-. The highest BCUT2D eigenvalue weighted by Gasteiger charge is 2.36. The highest BCUT2D eigenvalue weighted by atomic mass is 16.4. The molecule has 0 saturated carbocycles. The Morgan fingerprint density at radius 1 is 1.00 bits per heavy atom. The van der Waals surface area contributed by atoms with Crippen molar-refractivity contribution in [3.63, 3.8) is 0 Å². The van der Waals surface area contributed by atoms with Crippen LogP contribution >= 0.6 is 0 Å². The number of hydrogen-bond donors (Lipinski definition) is 2. The normalized spacial score (nSPS) is 16.4. The minimum atomic E-state index is -0.347. The zero-order valence-corrected chi connectivity index (χ0v) is 17.7. The predicted molar refractivity (Wildman–Crippen MR) is 119 cm³/mol. The average Bonchev–Trinajstić information content (AvgIpc) is 3.08. The molecule has 0 unspecified atom stereocenters. The molecule has 1 heterocycles. The van der Waals surface area contributed by atoms with Crippen molar-refractivity contribution in [2.24, 2.45) is 20.8 Å². The minimum Gasteiger partial charge on any atom is -0.455 e. The second kappa shape index (κ2) is 8.18. The number of rotatable bonds is 4. The molecule has 7 nitrogen and oxygen atoms in total. The molecule has 2 aromatic carbocycles. The van der Waals surface area contributed by atoms with E-state index in [1.54, 1.807) is 24.3 Å². The lowest BCUT2D eigenvalue weighted by molar-refractivity contribution is 0.0993. The number of furan rings is 1. The second-order valence-electron chi connectivity index (χ2n) is 8.46. The number of nitrogens with zero attached hydrogens (tertiary/aromatic N) is 3. The largest absolute Gasteiger partial charge is 0.455 e. The fourth-order valence-electron chi connectivity index (χ4n) is 3.83. The number of azo groups is 1. The summed E-state index contributed by atoms with van der Waals surface area (Å²) >= 11 is 0. The lowest BCUT2D eigenvalue weighted by atomic mass is 9.75. The van der Waals surface area contributed by atoms with Gasteiger partial charge in [0, 0.05) is 23.2 Å². The summed E-state index contributed by atoms with van der Waals surface area (Å²) in [7, 11) is 0. The van der Waals surface area contributed by atoms with Crippen molar-refractivity contribution < 1.29 is 14.4 Å². The van der Waals surface area contributed by atoms with Crippen LogP contribution in [-0.2, 0) is 6.42 Å². The third-order valence-electron chi connectivity index (χ3n) is 5.28. The van der Waals surface area contributed by atoms with E-state index in [0.717, 1.165) is 11.3 Å². The Labute approximate surface area is 180 Å². The van der Waals surface area contributed by atoms with Gasteiger partial charge in [0.05, 0.1) is 17.1 Å². The van der Waals surface area contributed by atoms with Crippen molar-refractivity contribution in [1.82, 2.24) is 0 Å². The van der Waals surface area contributed by atoms with E-state index < -0.39 is 0 Å². The topological polar surface area (TPSA) is 99.6 Å². The average molecular weight is 416 g/mol. The summed E-state index contributed by atoms with van der Waals surface area (Å²) < 4.78 is 5.91. The number of nitrogens with one attached hydrogen (secondary N) is 1. The first-order valence-corrected chi connectivity index (χ1v) is 10.1. The number of benzene rings is 2. The molecular weight excluding hydrogens is 392 g/mol. The number of oxime groups is 1. The highest BCUT2D eigenvalue weighted by molar-refractivity contribution is 6.09. The summed E-state index contributed by atoms with van der Waals surface area (Å²) in [4.78, 5) is 12.9. The molecule has 1 aliphatic carbocycles. The maximum Gasteiger partial charge on any atom is 0.291 e. The Morgan fingerprint density at radius 3 is 2.29 bits per heavy atom. The molecule has 0 bridgehead atoms. The highest BCUT2D eigenvalue weighted by Crippen LogP contribution is 2.39. The maximum atomic E-state index is 12.9. The zero-order chi connectivity index (χ0) is 22.0. The summed E-state index contributed by atoms with van der Waals surface area (Å²) in [5.41, 5.74) is 3.95. The number of fused-ring (bicyclic) bond motifs is 1. The van der Waals surface area contributed by atoms with Gasteiger partial charge in [0.15, 0.2) is 5.76 Å². The van der Waals surface area contributed by atoms with Gasteiger partial charge in [-0.3, -0.25) is 4.79 Å². The van der Waals surface area contributed by atoms with Crippen LogP contribution in [0.2, 0.25) is 0 Å². The first kappa shape index (κ1) is 20.5. The van der Waals surface area contributed by atoms with Gasteiger partial charge in [0.2, 0.25) is 0 Å². The maximum absolute atomic E-state index is 12.9. The molecule has 0 atom stereocenters. The lowest BCUT2D eigenvalue weighted by Gasteiger charge is -2.28. The first-order chi connectivity index (χ1) is 14.9. The van der Waals surface area contributed by atoms with E-state index in [1.807, 2.05) is 37.3 Å². The van der Waals surface area contributed by atoms with Gasteiger partial charge in [-0.15, -0.1) is 0 Å². The van der Waals surface area contributed by atoms with Gasteiger partial charge in [0.25, 0.3) is 5.91 Å². The quantitative estimate of drug-likeness (QED) is 0.292. The van der Waals surface area contributed by atoms with Crippen molar-refractivity contribution in [2.75, 3.05) is 5.32 Å². The fraction of sp³-hybridized carbons (Fsp3) is 0.250. The Balaban J connectivity index is 1.50. The van der Waals surface area contributed by atoms with Crippen LogP contribution in [0.25, 0.3) is 0 Å². The van der Waals surface area contributed by atoms with Crippen LogP contribution in [0, 0.1) is 12.3 Å². The number of anilines is 1. The summed E-state index contributed by atoms with van der Waals surface area (Å²) in [6.45, 7) is 5.97. The third-order valence-corrected chi connectivity index (χ3v) is 5.28. The van der Waals surface area contributed by atoms with Crippen LogP contribution in [0.15, 0.2) is 74.4 Å². The van der Waals surface area contributed by atoms with Gasteiger partial charge >= 0.3 is 0 Å². The van der Waals surface area contributed by atoms with Gasteiger partial charge in [-0.2, -0.15) is 10.2 Å². The zero-order valence-electron chi connectivity index (χ0n) is 17.7. The predicted octanol–water partition coefficient (Wildman–Crippen LogP) is 6.41. The molecule has 1 amide bonds. The fourth-order valence-corrected chi connectivity index (χ4v) is 3.83. The first-order valence-electron chi connectivity index (χ1n) is 10.1. The van der Waals surface area contributed by atoms with E-state index in [-0.39, 0.29) is 17.1 Å².